The van der Waals surface area contributed by atoms with Crippen molar-refractivity contribution in [3.05, 3.63) is 36.0 Å². The van der Waals surface area contributed by atoms with Crippen molar-refractivity contribution in [2.24, 2.45) is 0 Å². The van der Waals surface area contributed by atoms with Gasteiger partial charge in [0.15, 0.2) is 5.82 Å². The first-order valence-corrected chi connectivity index (χ1v) is 7.79. The lowest BCUT2D eigenvalue weighted by Gasteiger charge is -2.32. The summed E-state index contributed by atoms with van der Waals surface area (Å²) in [6.45, 7) is 4.92. The van der Waals surface area contributed by atoms with Crippen LogP contribution in [0.4, 0.5) is 17.5 Å². The number of nitrogens with one attached hydrogen (secondary N) is 1. The number of rotatable bonds is 5. The van der Waals surface area contributed by atoms with Crippen LogP contribution in [0.5, 0.6) is 0 Å². The third-order valence-corrected chi connectivity index (χ3v) is 3.95. The molecule has 1 N–H and O–H groups in total. The molecule has 7 heteroatoms. The van der Waals surface area contributed by atoms with Gasteiger partial charge in [-0.25, -0.2) is 0 Å². The van der Waals surface area contributed by atoms with Crippen molar-refractivity contribution < 1.29 is 4.79 Å². The Morgan fingerprint density at radius 2 is 2.00 bits per heavy atom. The fourth-order valence-corrected chi connectivity index (χ4v) is 2.60. The van der Waals surface area contributed by atoms with Crippen LogP contribution in [0.1, 0.15) is 12.5 Å². The summed E-state index contributed by atoms with van der Waals surface area (Å²) in [7, 11) is 0. The molecule has 1 aromatic heterocycles. The molecule has 1 aliphatic rings. The summed E-state index contributed by atoms with van der Waals surface area (Å²) in [5.74, 6) is 1.27. The molecular weight excluding hydrogens is 292 g/mol. The van der Waals surface area contributed by atoms with Crippen LogP contribution >= 0.6 is 0 Å². The Kier molecular flexibility index (Phi) is 4.65. The molecule has 0 aliphatic carbocycles. The van der Waals surface area contributed by atoms with Crippen molar-refractivity contribution in [2.75, 3.05) is 36.4 Å². The normalized spacial score (nSPS) is 14.7. The summed E-state index contributed by atoms with van der Waals surface area (Å²) in [5, 5.41) is 11.5. The highest BCUT2D eigenvalue weighted by atomic mass is 16.1. The van der Waals surface area contributed by atoms with Gasteiger partial charge in [0.05, 0.1) is 6.20 Å². The smallest absolute Gasteiger partial charge is 0.247 e. The van der Waals surface area contributed by atoms with E-state index < -0.39 is 0 Å². The quantitative estimate of drug-likeness (QED) is 0.843. The average Bonchev–Trinajstić information content (AvgIpc) is 2.62. The van der Waals surface area contributed by atoms with Crippen LogP contribution < -0.4 is 10.2 Å². The molecule has 120 valence electrons. The van der Waals surface area contributed by atoms with Crippen molar-refractivity contribution in [1.29, 1.82) is 0 Å². The summed E-state index contributed by atoms with van der Waals surface area (Å²) < 4.78 is 0. The van der Waals surface area contributed by atoms with E-state index in [1.54, 1.807) is 11.1 Å². The number of anilines is 3. The van der Waals surface area contributed by atoms with Crippen LogP contribution in [0, 0.1) is 0 Å². The molecule has 0 radical (unpaired) electrons. The molecular formula is C16H20N6O. The average molecular weight is 312 g/mol. The van der Waals surface area contributed by atoms with Gasteiger partial charge in [-0.1, -0.05) is 25.1 Å². The van der Waals surface area contributed by atoms with E-state index in [1.165, 1.54) is 5.56 Å². The standard InChI is InChI=1S/C16H20N6O/c1-2-13-5-3-4-6-14(13)18-15-11-17-20-16(19-15)22-9-7-21(12-23)8-10-22/h3-6,11-12H,2,7-10H2,1H3,(H,18,19,20). The summed E-state index contributed by atoms with van der Waals surface area (Å²) >= 11 is 0. The van der Waals surface area contributed by atoms with Crippen LogP contribution in [-0.4, -0.2) is 52.7 Å². The van der Waals surface area contributed by atoms with Gasteiger partial charge in [-0.05, 0) is 18.1 Å². The molecule has 0 spiro atoms. The molecule has 0 atom stereocenters. The first-order valence-electron chi connectivity index (χ1n) is 7.79. The minimum absolute atomic E-state index is 0.592. The van der Waals surface area contributed by atoms with Crippen LogP contribution in [-0.2, 0) is 11.2 Å². The summed E-state index contributed by atoms with van der Waals surface area (Å²) in [5.41, 5.74) is 2.26. The van der Waals surface area contributed by atoms with Gasteiger partial charge >= 0.3 is 0 Å². The van der Waals surface area contributed by atoms with Crippen LogP contribution in [0.3, 0.4) is 0 Å². The predicted molar refractivity (Wildman–Crippen MR) is 88.8 cm³/mol. The molecule has 1 aromatic carbocycles. The number of carbonyl (C=O) groups is 1. The third-order valence-electron chi connectivity index (χ3n) is 3.95. The van der Waals surface area contributed by atoms with E-state index in [9.17, 15) is 4.79 Å². The Morgan fingerprint density at radius 1 is 1.22 bits per heavy atom. The van der Waals surface area contributed by atoms with Crippen molar-refractivity contribution in [1.82, 2.24) is 20.1 Å². The zero-order valence-electron chi connectivity index (χ0n) is 13.1. The fraction of sp³-hybridized carbons (Fsp3) is 0.375. The van der Waals surface area contributed by atoms with Gasteiger partial charge in [0.1, 0.15) is 0 Å². The van der Waals surface area contributed by atoms with Crippen LogP contribution in [0.25, 0.3) is 0 Å². The lowest BCUT2D eigenvalue weighted by atomic mass is 10.1. The predicted octanol–water partition coefficient (Wildman–Crippen LogP) is 1.46. The SMILES string of the molecule is CCc1ccccc1Nc1cnnc(N2CCN(C=O)CC2)n1. The number of benzene rings is 1. The Hall–Kier alpha value is -2.70. The zero-order chi connectivity index (χ0) is 16.1. The zero-order valence-corrected chi connectivity index (χ0v) is 13.1. The molecule has 0 unspecified atom stereocenters. The van der Waals surface area contributed by atoms with E-state index in [0.29, 0.717) is 24.9 Å². The van der Waals surface area contributed by atoms with Gasteiger partial charge in [-0.15, -0.1) is 5.10 Å². The number of carbonyl (C=O) groups excluding carboxylic acids is 1. The summed E-state index contributed by atoms with van der Waals surface area (Å²) in [6.07, 6.45) is 3.45. The second-order valence-electron chi connectivity index (χ2n) is 5.41. The van der Waals surface area contributed by atoms with Crippen molar-refractivity contribution in [3.63, 3.8) is 0 Å². The molecule has 0 saturated carbocycles. The monoisotopic (exact) mass is 312 g/mol. The number of hydrogen-bond donors (Lipinski definition) is 1. The second-order valence-corrected chi connectivity index (χ2v) is 5.41. The van der Waals surface area contributed by atoms with Gasteiger partial charge in [0.25, 0.3) is 0 Å². The molecule has 7 nitrogen and oxygen atoms in total. The van der Waals surface area contributed by atoms with E-state index in [-0.39, 0.29) is 0 Å². The molecule has 1 fully saturated rings. The van der Waals surface area contributed by atoms with E-state index in [1.807, 2.05) is 23.1 Å². The number of hydrogen-bond acceptors (Lipinski definition) is 6. The molecule has 3 rings (SSSR count). The second kappa shape index (κ2) is 7.04. The van der Waals surface area contributed by atoms with Crippen LogP contribution in [0.2, 0.25) is 0 Å². The van der Waals surface area contributed by atoms with E-state index in [2.05, 4.69) is 33.5 Å². The molecule has 1 aliphatic heterocycles. The minimum atomic E-state index is 0.592. The Balaban J connectivity index is 1.74. The first-order chi connectivity index (χ1) is 11.3. The van der Waals surface area contributed by atoms with Gasteiger partial charge in [0, 0.05) is 31.9 Å². The number of aryl methyl sites for hydroxylation is 1. The van der Waals surface area contributed by atoms with E-state index in [4.69, 9.17) is 0 Å². The van der Waals surface area contributed by atoms with Gasteiger partial charge in [-0.2, -0.15) is 10.1 Å². The minimum Gasteiger partial charge on any atom is -0.342 e. The van der Waals surface area contributed by atoms with E-state index >= 15 is 0 Å². The maximum atomic E-state index is 10.8. The van der Waals surface area contributed by atoms with Gasteiger partial charge in [-0.3, -0.25) is 4.79 Å². The van der Waals surface area contributed by atoms with Gasteiger partial charge in [0.2, 0.25) is 12.4 Å². The topological polar surface area (TPSA) is 74.2 Å². The molecule has 2 heterocycles. The maximum absolute atomic E-state index is 10.8. The third kappa shape index (κ3) is 3.56. The lowest BCUT2D eigenvalue weighted by Crippen LogP contribution is -2.46. The number of nitrogens with zero attached hydrogens (tertiary/aromatic N) is 5. The number of piperazine rings is 1. The number of aromatic nitrogens is 3. The molecule has 1 amide bonds. The molecule has 1 saturated heterocycles. The number of para-hydroxylation sites is 1. The Labute approximate surface area is 135 Å². The Morgan fingerprint density at radius 3 is 2.74 bits per heavy atom. The van der Waals surface area contributed by atoms with Crippen molar-refractivity contribution >= 4 is 23.9 Å². The molecule has 2 aromatic rings. The molecule has 23 heavy (non-hydrogen) atoms. The van der Waals surface area contributed by atoms with Gasteiger partial charge < -0.3 is 15.1 Å². The maximum Gasteiger partial charge on any atom is 0.247 e. The fourth-order valence-electron chi connectivity index (χ4n) is 2.60. The first kappa shape index (κ1) is 15.2. The Bertz CT molecular complexity index is 669. The van der Waals surface area contributed by atoms with Crippen molar-refractivity contribution in [2.45, 2.75) is 13.3 Å². The lowest BCUT2D eigenvalue weighted by molar-refractivity contribution is -0.118. The van der Waals surface area contributed by atoms with Crippen molar-refractivity contribution in [3.8, 4) is 0 Å². The highest BCUT2D eigenvalue weighted by Crippen LogP contribution is 2.20. The summed E-state index contributed by atoms with van der Waals surface area (Å²) in [4.78, 5) is 19.1. The highest BCUT2D eigenvalue weighted by molar-refractivity contribution is 5.60. The highest BCUT2D eigenvalue weighted by Gasteiger charge is 2.18. The van der Waals surface area contributed by atoms with E-state index in [0.717, 1.165) is 31.6 Å². The van der Waals surface area contributed by atoms with Crippen LogP contribution in [0.15, 0.2) is 30.5 Å². The summed E-state index contributed by atoms with van der Waals surface area (Å²) in [6, 6.07) is 8.15. The largest absolute Gasteiger partial charge is 0.342 e. The molecule has 0 bridgehead atoms. The number of amides is 1.